The molecule has 0 unspecified atom stereocenters. The molecule has 8 heteroatoms. The normalized spacial score (nSPS) is 12.8. The molecule has 1 aromatic carbocycles. The lowest BCUT2D eigenvalue weighted by Crippen LogP contribution is -2.25. The van der Waals surface area contributed by atoms with Crippen LogP contribution in [-0.2, 0) is 18.1 Å². The predicted octanol–water partition coefficient (Wildman–Crippen LogP) is 4.22. The molecule has 1 aliphatic rings. The maximum Gasteiger partial charge on any atom is 0.262 e. The maximum absolute atomic E-state index is 13.4. The molecule has 32 heavy (non-hydrogen) atoms. The van der Waals surface area contributed by atoms with E-state index in [9.17, 15) is 9.59 Å². The highest BCUT2D eigenvalue weighted by molar-refractivity contribution is 7.98. The molecule has 0 spiro atoms. The van der Waals surface area contributed by atoms with Crippen LogP contribution in [0.25, 0.3) is 16.7 Å². The Hall–Kier alpha value is -3.39. The number of rotatable bonds is 4. The van der Waals surface area contributed by atoms with E-state index in [0.717, 1.165) is 39.7 Å². The molecule has 0 bridgehead atoms. The van der Waals surface area contributed by atoms with Crippen LogP contribution in [0.1, 0.15) is 39.8 Å². The summed E-state index contributed by atoms with van der Waals surface area (Å²) in [6, 6.07) is 11.5. The predicted molar refractivity (Wildman–Crippen MR) is 128 cm³/mol. The molecule has 3 aromatic heterocycles. The number of thioether (sulfide) groups is 1. The molecule has 0 fully saturated rings. The number of carbonyl (C=O) groups excluding carboxylic acids is 1. The first-order chi connectivity index (χ1) is 15.5. The maximum atomic E-state index is 13.4. The molecular formula is C24H23N5O2S. The van der Waals surface area contributed by atoms with Gasteiger partial charge in [0, 0.05) is 35.5 Å². The van der Waals surface area contributed by atoms with Gasteiger partial charge in [-0.25, -0.2) is 9.67 Å². The van der Waals surface area contributed by atoms with Crippen molar-refractivity contribution < 1.29 is 4.79 Å². The SMILES string of the molecule is CCn1cc(C(=O)Nc2c3c(nn2-c2ccccc2C)CSC3)c(=O)c2ccc(C)nc21. The van der Waals surface area contributed by atoms with Gasteiger partial charge in [-0.1, -0.05) is 18.2 Å². The van der Waals surface area contributed by atoms with Crippen molar-refractivity contribution in [2.45, 2.75) is 38.8 Å². The van der Waals surface area contributed by atoms with Gasteiger partial charge in [0.25, 0.3) is 5.91 Å². The molecule has 0 aliphatic carbocycles. The zero-order chi connectivity index (χ0) is 22.4. The minimum absolute atomic E-state index is 0.0990. The number of hydrogen-bond acceptors (Lipinski definition) is 5. The minimum Gasteiger partial charge on any atom is -0.332 e. The number of nitrogens with one attached hydrogen (secondary N) is 1. The highest BCUT2D eigenvalue weighted by atomic mass is 32.2. The number of aromatic nitrogens is 4. The Morgan fingerprint density at radius 1 is 1.16 bits per heavy atom. The van der Waals surface area contributed by atoms with Gasteiger partial charge in [-0.05, 0) is 44.5 Å². The summed E-state index contributed by atoms with van der Waals surface area (Å²) in [4.78, 5) is 31.1. The van der Waals surface area contributed by atoms with Crippen molar-refractivity contribution in [3.05, 3.63) is 80.9 Å². The highest BCUT2D eigenvalue weighted by Crippen LogP contribution is 2.36. The zero-order valence-electron chi connectivity index (χ0n) is 18.2. The van der Waals surface area contributed by atoms with Gasteiger partial charge < -0.3 is 9.88 Å². The number of anilines is 1. The second-order valence-corrected chi connectivity index (χ2v) is 8.89. The zero-order valence-corrected chi connectivity index (χ0v) is 19.0. The standard InChI is InChI=1S/C24H23N5O2S/c1-4-28-11-17(21(30)16-10-9-15(3)25-22(16)28)24(31)26-23-18-12-32-13-19(18)27-29(23)20-8-6-5-7-14(20)2/h5-11H,4,12-13H2,1-3H3,(H,26,31). The van der Waals surface area contributed by atoms with Gasteiger partial charge in [0.1, 0.15) is 17.0 Å². The monoisotopic (exact) mass is 445 g/mol. The lowest BCUT2D eigenvalue weighted by atomic mass is 10.1. The van der Waals surface area contributed by atoms with E-state index in [0.29, 0.717) is 23.4 Å². The van der Waals surface area contributed by atoms with Crippen LogP contribution in [-0.4, -0.2) is 25.2 Å². The summed E-state index contributed by atoms with van der Waals surface area (Å²) >= 11 is 1.77. The summed E-state index contributed by atoms with van der Waals surface area (Å²) in [5.41, 5.74) is 5.15. The molecule has 0 atom stereocenters. The third-order valence-electron chi connectivity index (χ3n) is 5.77. The van der Waals surface area contributed by atoms with E-state index in [1.807, 2.05) is 49.6 Å². The Kier molecular flexibility index (Phi) is 5.09. The first-order valence-electron chi connectivity index (χ1n) is 10.5. The summed E-state index contributed by atoms with van der Waals surface area (Å²) < 4.78 is 3.64. The minimum atomic E-state index is -0.436. The van der Waals surface area contributed by atoms with Crippen LogP contribution < -0.4 is 10.7 Å². The van der Waals surface area contributed by atoms with E-state index in [-0.39, 0.29) is 11.0 Å². The number of nitrogens with zero attached hydrogens (tertiary/aromatic N) is 4. The Labute approximate surface area is 189 Å². The number of aryl methyl sites for hydroxylation is 3. The van der Waals surface area contributed by atoms with E-state index >= 15 is 0 Å². The quantitative estimate of drug-likeness (QED) is 0.509. The third-order valence-corrected chi connectivity index (χ3v) is 6.74. The van der Waals surface area contributed by atoms with Crippen molar-refractivity contribution in [2.75, 3.05) is 5.32 Å². The van der Waals surface area contributed by atoms with E-state index < -0.39 is 5.91 Å². The van der Waals surface area contributed by atoms with Gasteiger partial charge in [0.15, 0.2) is 0 Å². The Morgan fingerprint density at radius 2 is 1.97 bits per heavy atom. The van der Waals surface area contributed by atoms with Gasteiger partial charge in [-0.2, -0.15) is 16.9 Å². The van der Waals surface area contributed by atoms with Crippen LogP contribution in [0.5, 0.6) is 0 Å². The van der Waals surface area contributed by atoms with Gasteiger partial charge in [-0.3, -0.25) is 9.59 Å². The van der Waals surface area contributed by atoms with Crippen molar-refractivity contribution >= 4 is 34.5 Å². The molecule has 162 valence electrons. The fourth-order valence-electron chi connectivity index (χ4n) is 4.05. The second-order valence-electron chi connectivity index (χ2n) is 7.90. The number of carbonyl (C=O) groups is 1. The number of para-hydroxylation sites is 1. The molecule has 7 nitrogen and oxygen atoms in total. The molecule has 1 N–H and O–H groups in total. The van der Waals surface area contributed by atoms with Crippen molar-refractivity contribution in [2.24, 2.45) is 0 Å². The number of hydrogen-bond donors (Lipinski definition) is 1. The van der Waals surface area contributed by atoms with Crippen LogP contribution in [0.4, 0.5) is 5.82 Å². The number of amides is 1. The largest absolute Gasteiger partial charge is 0.332 e. The topological polar surface area (TPSA) is 81.8 Å². The molecule has 0 radical (unpaired) electrons. The molecule has 4 aromatic rings. The molecular weight excluding hydrogens is 422 g/mol. The third kappa shape index (κ3) is 3.31. The van der Waals surface area contributed by atoms with Crippen LogP contribution in [0.15, 0.2) is 47.4 Å². The Balaban J connectivity index is 1.62. The Morgan fingerprint density at radius 3 is 2.75 bits per heavy atom. The number of fused-ring (bicyclic) bond motifs is 2. The lowest BCUT2D eigenvalue weighted by Gasteiger charge is -2.14. The highest BCUT2D eigenvalue weighted by Gasteiger charge is 2.26. The van der Waals surface area contributed by atoms with Crippen molar-refractivity contribution in [1.29, 1.82) is 0 Å². The average molecular weight is 446 g/mol. The lowest BCUT2D eigenvalue weighted by molar-refractivity contribution is 0.102. The van der Waals surface area contributed by atoms with Crippen molar-refractivity contribution in [3.63, 3.8) is 0 Å². The van der Waals surface area contributed by atoms with E-state index in [2.05, 4.69) is 10.3 Å². The molecule has 1 aliphatic heterocycles. The molecule has 0 saturated heterocycles. The molecule has 4 heterocycles. The van der Waals surface area contributed by atoms with Gasteiger partial charge >= 0.3 is 0 Å². The second kappa shape index (κ2) is 7.94. The number of benzene rings is 1. The molecule has 5 rings (SSSR count). The smallest absolute Gasteiger partial charge is 0.262 e. The molecule has 1 amide bonds. The first kappa shape index (κ1) is 20.5. The van der Waals surface area contributed by atoms with E-state index in [1.165, 1.54) is 0 Å². The van der Waals surface area contributed by atoms with Crippen LogP contribution in [0.2, 0.25) is 0 Å². The van der Waals surface area contributed by atoms with Crippen molar-refractivity contribution in [3.8, 4) is 5.69 Å². The van der Waals surface area contributed by atoms with Gasteiger partial charge in [0.05, 0.1) is 16.8 Å². The van der Waals surface area contributed by atoms with E-state index in [1.54, 1.807) is 34.8 Å². The summed E-state index contributed by atoms with van der Waals surface area (Å²) in [5.74, 6) is 1.78. The van der Waals surface area contributed by atoms with Crippen LogP contribution in [0.3, 0.4) is 0 Å². The number of pyridine rings is 2. The fraction of sp³-hybridized carbons (Fsp3) is 0.250. The summed E-state index contributed by atoms with van der Waals surface area (Å²) in [6.45, 7) is 6.46. The summed E-state index contributed by atoms with van der Waals surface area (Å²) in [7, 11) is 0. The van der Waals surface area contributed by atoms with Crippen LogP contribution >= 0.6 is 11.8 Å². The fourth-order valence-corrected chi connectivity index (χ4v) is 5.09. The van der Waals surface area contributed by atoms with E-state index in [4.69, 9.17) is 5.10 Å². The Bertz CT molecular complexity index is 1440. The summed E-state index contributed by atoms with van der Waals surface area (Å²) in [6.07, 6.45) is 1.61. The summed E-state index contributed by atoms with van der Waals surface area (Å²) in [5, 5.41) is 8.23. The first-order valence-corrected chi connectivity index (χ1v) is 11.7. The average Bonchev–Trinajstić information content (AvgIpc) is 3.37. The van der Waals surface area contributed by atoms with Gasteiger partial charge in [-0.15, -0.1) is 0 Å². The van der Waals surface area contributed by atoms with Gasteiger partial charge in [0.2, 0.25) is 5.43 Å². The van der Waals surface area contributed by atoms with Crippen molar-refractivity contribution in [1.82, 2.24) is 19.3 Å². The van der Waals surface area contributed by atoms with Crippen LogP contribution in [0, 0.1) is 13.8 Å². The molecule has 0 saturated carbocycles.